The number of aromatic amines is 1. The molecular weight excluding hydrogens is 382 g/mol. The first-order valence-electron chi connectivity index (χ1n) is 9.19. The molecule has 0 amide bonds. The fourth-order valence-corrected chi connectivity index (χ4v) is 5.31. The van der Waals surface area contributed by atoms with Crippen LogP contribution in [0.5, 0.6) is 0 Å². The number of H-pyrrole nitrogens is 1. The second-order valence-electron chi connectivity index (χ2n) is 7.19. The summed E-state index contributed by atoms with van der Waals surface area (Å²) in [5.41, 5.74) is -1.86. The summed E-state index contributed by atoms with van der Waals surface area (Å²) in [6.45, 7) is 0.413. The minimum atomic E-state index is -3.44. The lowest BCUT2D eigenvalue weighted by atomic mass is 10.1. The molecule has 1 aromatic rings. The molecule has 1 saturated carbocycles. The molecule has 2 saturated heterocycles. The molecule has 1 aromatic heterocycles. The van der Waals surface area contributed by atoms with Crippen LogP contribution >= 0.6 is 8.17 Å². The maximum absolute atomic E-state index is 13.5. The summed E-state index contributed by atoms with van der Waals surface area (Å²) in [4.78, 5) is 35.5. The van der Waals surface area contributed by atoms with Gasteiger partial charge in [-0.15, -0.1) is 4.52 Å². The van der Waals surface area contributed by atoms with Gasteiger partial charge in [-0.2, -0.15) is 18.3 Å². The van der Waals surface area contributed by atoms with Crippen molar-refractivity contribution < 1.29 is 27.6 Å². The quantitative estimate of drug-likeness (QED) is 0.717. The zero-order valence-corrected chi connectivity index (χ0v) is 15.6. The molecule has 0 spiro atoms. The second-order valence-corrected chi connectivity index (χ2v) is 8.85. The summed E-state index contributed by atoms with van der Waals surface area (Å²) in [5.74, 6) is -0.458. The van der Waals surface area contributed by atoms with E-state index < -0.39 is 43.7 Å². The summed E-state index contributed by atoms with van der Waals surface area (Å²) in [7, 11) is -3.44. The lowest BCUT2D eigenvalue weighted by molar-refractivity contribution is -0.0822. The Hall–Kier alpha value is -1.16. The Morgan fingerprint density at radius 1 is 1.33 bits per heavy atom. The number of nitrogens with zero attached hydrogens (tertiary/aromatic N) is 1. The molecule has 0 radical (unpaired) electrons. The summed E-state index contributed by atoms with van der Waals surface area (Å²) < 4.78 is 36.7. The number of rotatable bonds is 5. The standard InChI is InChI=1S/C16H22FN2O7P/c17-11-8-19(16(21)18-15(11)20)14-7-12-13(25-14)9-24-27(22,26-12)23-6-5-10-3-1-2-4-10/h8,10,12-14,22H,1-7,9H2/p+1/t12-,13+,14+,27?/m0/s1. The van der Waals surface area contributed by atoms with E-state index in [0.29, 0.717) is 12.5 Å². The van der Waals surface area contributed by atoms with Crippen molar-refractivity contribution in [2.24, 2.45) is 5.92 Å². The second kappa shape index (κ2) is 7.69. The highest BCUT2D eigenvalue weighted by molar-refractivity contribution is 7.55. The van der Waals surface area contributed by atoms with Crippen molar-refractivity contribution in [1.29, 1.82) is 0 Å². The molecule has 2 aliphatic heterocycles. The Balaban J connectivity index is 1.37. The maximum atomic E-state index is 13.5. The van der Waals surface area contributed by atoms with Crippen molar-refractivity contribution in [2.75, 3.05) is 13.2 Å². The van der Waals surface area contributed by atoms with E-state index in [4.69, 9.17) is 18.3 Å². The SMILES string of the molecule is O=c1[nH]c(=O)n([C@H]2C[C@@H]3O[P+](O)(OCCC4CCCC4)OC[C@H]3O2)cc1F. The van der Waals surface area contributed by atoms with Gasteiger partial charge in [-0.25, -0.2) is 4.79 Å². The van der Waals surface area contributed by atoms with Crippen molar-refractivity contribution in [3.8, 4) is 0 Å². The number of aromatic nitrogens is 2. The monoisotopic (exact) mass is 405 g/mol. The van der Waals surface area contributed by atoms with Crippen LogP contribution in [0.1, 0.15) is 44.8 Å². The fourth-order valence-electron chi connectivity index (χ4n) is 3.88. The maximum Gasteiger partial charge on any atom is 0.573 e. The normalized spacial score (nSPS) is 34.1. The van der Waals surface area contributed by atoms with Gasteiger partial charge in [0.2, 0.25) is 5.82 Å². The predicted molar refractivity (Wildman–Crippen MR) is 92.3 cm³/mol. The third kappa shape index (κ3) is 4.16. The lowest BCUT2D eigenvalue weighted by Crippen LogP contribution is -2.35. The highest BCUT2D eigenvalue weighted by Gasteiger charge is 2.57. The van der Waals surface area contributed by atoms with Crippen LogP contribution in [0.3, 0.4) is 0 Å². The Labute approximate surface area is 155 Å². The molecule has 150 valence electrons. The number of ether oxygens (including phenoxy) is 1. The Bertz CT molecular complexity index is 796. The van der Waals surface area contributed by atoms with E-state index in [1.165, 1.54) is 25.7 Å². The Kier molecular flexibility index (Phi) is 5.46. The van der Waals surface area contributed by atoms with Gasteiger partial charge in [0, 0.05) is 6.42 Å². The first-order valence-corrected chi connectivity index (χ1v) is 10.7. The van der Waals surface area contributed by atoms with E-state index in [9.17, 15) is 18.9 Å². The molecule has 3 fully saturated rings. The summed E-state index contributed by atoms with van der Waals surface area (Å²) in [6.07, 6.45) is 4.83. The summed E-state index contributed by atoms with van der Waals surface area (Å²) in [6, 6.07) is 0. The molecule has 4 rings (SSSR count). The van der Waals surface area contributed by atoms with Crippen LogP contribution in [-0.4, -0.2) is 39.9 Å². The van der Waals surface area contributed by atoms with E-state index in [2.05, 4.69) is 0 Å². The van der Waals surface area contributed by atoms with Gasteiger partial charge in [-0.05, 0) is 12.3 Å². The van der Waals surface area contributed by atoms with Crippen LogP contribution in [0.15, 0.2) is 15.8 Å². The molecule has 3 heterocycles. The zero-order chi connectivity index (χ0) is 19.0. The van der Waals surface area contributed by atoms with E-state index in [0.717, 1.165) is 17.2 Å². The van der Waals surface area contributed by atoms with Gasteiger partial charge in [-0.3, -0.25) is 14.3 Å². The van der Waals surface area contributed by atoms with Crippen LogP contribution < -0.4 is 11.2 Å². The summed E-state index contributed by atoms with van der Waals surface area (Å²) in [5, 5.41) is 0. The van der Waals surface area contributed by atoms with Gasteiger partial charge in [-0.1, -0.05) is 25.7 Å². The molecule has 4 atom stereocenters. The van der Waals surface area contributed by atoms with Gasteiger partial charge >= 0.3 is 13.9 Å². The zero-order valence-electron chi connectivity index (χ0n) is 14.7. The number of nitrogens with one attached hydrogen (secondary N) is 1. The summed E-state index contributed by atoms with van der Waals surface area (Å²) >= 11 is 0. The molecular formula is C16H23FN2O7P+. The molecule has 0 bridgehead atoms. The topological polar surface area (TPSA) is 112 Å². The number of halogens is 1. The van der Waals surface area contributed by atoms with E-state index in [1.54, 1.807) is 0 Å². The minimum Gasteiger partial charge on any atom is -0.349 e. The lowest BCUT2D eigenvalue weighted by Gasteiger charge is -2.26. The molecule has 2 N–H and O–H groups in total. The number of fused-ring (bicyclic) bond motifs is 1. The first-order chi connectivity index (χ1) is 12.9. The van der Waals surface area contributed by atoms with E-state index in [1.807, 2.05) is 4.98 Å². The largest absolute Gasteiger partial charge is 0.573 e. The van der Waals surface area contributed by atoms with Crippen molar-refractivity contribution >= 4 is 8.17 Å². The van der Waals surface area contributed by atoms with Gasteiger partial charge in [0.15, 0.2) is 0 Å². The van der Waals surface area contributed by atoms with Crippen molar-refractivity contribution in [1.82, 2.24) is 9.55 Å². The molecule has 1 aliphatic carbocycles. The van der Waals surface area contributed by atoms with Crippen LogP contribution in [0, 0.1) is 11.7 Å². The van der Waals surface area contributed by atoms with Crippen LogP contribution in [-0.2, 0) is 18.3 Å². The van der Waals surface area contributed by atoms with Gasteiger partial charge in [0.25, 0.3) is 5.56 Å². The molecule has 3 aliphatic rings. The van der Waals surface area contributed by atoms with Crippen LogP contribution in [0.4, 0.5) is 4.39 Å². The first kappa shape index (κ1) is 19.2. The van der Waals surface area contributed by atoms with Gasteiger partial charge < -0.3 is 4.74 Å². The smallest absolute Gasteiger partial charge is 0.349 e. The third-order valence-corrected chi connectivity index (χ3v) is 6.86. The minimum absolute atomic E-state index is 0.0511. The van der Waals surface area contributed by atoms with Gasteiger partial charge in [0.05, 0.1) is 6.20 Å². The number of hydrogen-bond acceptors (Lipinski definition) is 7. The van der Waals surface area contributed by atoms with E-state index in [-0.39, 0.29) is 13.0 Å². The fraction of sp³-hybridized carbons (Fsp3) is 0.750. The van der Waals surface area contributed by atoms with Crippen molar-refractivity contribution in [3.05, 3.63) is 32.9 Å². The van der Waals surface area contributed by atoms with Crippen LogP contribution in [0.2, 0.25) is 0 Å². The highest BCUT2D eigenvalue weighted by Crippen LogP contribution is 2.63. The Morgan fingerprint density at radius 3 is 2.89 bits per heavy atom. The molecule has 11 heteroatoms. The molecule has 1 unspecified atom stereocenters. The Morgan fingerprint density at radius 2 is 2.11 bits per heavy atom. The van der Waals surface area contributed by atoms with Crippen LogP contribution in [0.25, 0.3) is 0 Å². The van der Waals surface area contributed by atoms with E-state index >= 15 is 0 Å². The molecule has 0 aromatic carbocycles. The third-order valence-electron chi connectivity index (χ3n) is 5.34. The number of hydrogen-bond donors (Lipinski definition) is 2. The molecule has 9 nitrogen and oxygen atoms in total. The predicted octanol–water partition coefficient (Wildman–Crippen LogP) is 1.65. The highest BCUT2D eigenvalue weighted by atomic mass is 31.2. The average Bonchev–Trinajstić information content (AvgIpc) is 3.27. The van der Waals surface area contributed by atoms with Crippen molar-refractivity contribution in [2.45, 2.75) is 57.0 Å². The van der Waals surface area contributed by atoms with Crippen molar-refractivity contribution in [3.63, 3.8) is 0 Å². The average molecular weight is 405 g/mol. The molecule has 27 heavy (non-hydrogen) atoms. The van der Waals surface area contributed by atoms with Gasteiger partial charge in [0.1, 0.15) is 31.6 Å².